The van der Waals surface area contributed by atoms with Gasteiger partial charge in [-0.05, 0) is 42.3 Å². The summed E-state index contributed by atoms with van der Waals surface area (Å²) in [6, 6.07) is 12.2. The van der Waals surface area contributed by atoms with Gasteiger partial charge in [0, 0.05) is 44.0 Å². The standard InChI is InChI=1S/C22H22F3N3O2/c23-22(24,25)18-7-5-17(6-8-18)21(30)27-13-11-26(12-14-27)15-20(29)28-10-9-16-3-1-2-4-19(16)28/h1-8H,9-15H2. The number of fused-ring (bicyclic) bond motifs is 1. The summed E-state index contributed by atoms with van der Waals surface area (Å²) < 4.78 is 38.1. The second-order valence-corrected chi connectivity index (χ2v) is 7.57. The highest BCUT2D eigenvalue weighted by Crippen LogP contribution is 2.29. The predicted molar refractivity (Wildman–Crippen MR) is 106 cm³/mol. The number of anilines is 1. The molecule has 158 valence electrons. The van der Waals surface area contributed by atoms with Gasteiger partial charge in [0.25, 0.3) is 5.91 Å². The monoisotopic (exact) mass is 417 g/mol. The minimum absolute atomic E-state index is 0.0439. The van der Waals surface area contributed by atoms with Crippen LogP contribution in [0.25, 0.3) is 0 Å². The first kappa shape index (κ1) is 20.4. The molecule has 30 heavy (non-hydrogen) atoms. The van der Waals surface area contributed by atoms with Crippen LogP contribution < -0.4 is 4.90 Å². The molecule has 0 atom stereocenters. The van der Waals surface area contributed by atoms with Crippen molar-refractivity contribution in [2.24, 2.45) is 0 Å². The number of amides is 2. The van der Waals surface area contributed by atoms with Crippen LogP contribution in [0.1, 0.15) is 21.5 Å². The lowest BCUT2D eigenvalue weighted by Crippen LogP contribution is -2.51. The number of benzene rings is 2. The van der Waals surface area contributed by atoms with E-state index >= 15 is 0 Å². The Labute approximate surface area is 172 Å². The lowest BCUT2D eigenvalue weighted by molar-refractivity contribution is -0.137. The van der Waals surface area contributed by atoms with E-state index in [1.54, 1.807) is 4.90 Å². The number of piperazine rings is 1. The molecule has 0 aliphatic carbocycles. The zero-order valence-electron chi connectivity index (χ0n) is 16.4. The van der Waals surface area contributed by atoms with E-state index in [1.165, 1.54) is 17.7 Å². The highest BCUT2D eigenvalue weighted by atomic mass is 19.4. The maximum atomic E-state index is 12.7. The zero-order valence-corrected chi connectivity index (χ0v) is 16.4. The molecule has 0 spiro atoms. The third-order valence-corrected chi connectivity index (χ3v) is 5.67. The molecule has 1 fully saturated rings. The lowest BCUT2D eigenvalue weighted by Gasteiger charge is -2.35. The first-order chi connectivity index (χ1) is 14.3. The van der Waals surface area contributed by atoms with Crippen molar-refractivity contribution in [3.63, 3.8) is 0 Å². The van der Waals surface area contributed by atoms with Crippen molar-refractivity contribution in [2.45, 2.75) is 12.6 Å². The Bertz CT molecular complexity index is 935. The Kier molecular flexibility index (Phi) is 5.51. The van der Waals surface area contributed by atoms with Crippen molar-refractivity contribution in [3.05, 3.63) is 65.2 Å². The Morgan fingerprint density at radius 2 is 1.53 bits per heavy atom. The number of carbonyl (C=O) groups is 2. The molecule has 8 heteroatoms. The summed E-state index contributed by atoms with van der Waals surface area (Å²) in [5, 5.41) is 0. The number of halogens is 3. The van der Waals surface area contributed by atoms with Gasteiger partial charge in [0.2, 0.25) is 5.91 Å². The molecule has 5 nitrogen and oxygen atoms in total. The van der Waals surface area contributed by atoms with Crippen LogP contribution in [0.4, 0.5) is 18.9 Å². The molecule has 0 bridgehead atoms. The van der Waals surface area contributed by atoms with Crippen molar-refractivity contribution >= 4 is 17.5 Å². The van der Waals surface area contributed by atoms with E-state index in [2.05, 4.69) is 0 Å². The molecular formula is C22H22F3N3O2. The van der Waals surface area contributed by atoms with E-state index in [4.69, 9.17) is 0 Å². The third-order valence-electron chi connectivity index (χ3n) is 5.67. The number of alkyl halides is 3. The topological polar surface area (TPSA) is 43.9 Å². The highest BCUT2D eigenvalue weighted by molar-refractivity contribution is 5.97. The van der Waals surface area contributed by atoms with Gasteiger partial charge in [-0.2, -0.15) is 13.2 Å². The van der Waals surface area contributed by atoms with Gasteiger partial charge in [0.15, 0.2) is 0 Å². The van der Waals surface area contributed by atoms with E-state index in [0.29, 0.717) is 32.7 Å². The van der Waals surface area contributed by atoms with Crippen LogP contribution in [0.5, 0.6) is 0 Å². The molecule has 0 aromatic heterocycles. The van der Waals surface area contributed by atoms with Gasteiger partial charge in [0.1, 0.15) is 0 Å². The van der Waals surface area contributed by atoms with E-state index in [0.717, 1.165) is 24.2 Å². The number of para-hydroxylation sites is 1. The van der Waals surface area contributed by atoms with Crippen molar-refractivity contribution < 1.29 is 22.8 Å². The van der Waals surface area contributed by atoms with E-state index < -0.39 is 11.7 Å². The molecule has 1 saturated heterocycles. The Morgan fingerprint density at radius 1 is 0.867 bits per heavy atom. The number of rotatable bonds is 3. The summed E-state index contributed by atoms with van der Waals surface area (Å²) in [5.41, 5.74) is 1.61. The minimum atomic E-state index is -4.42. The third kappa shape index (κ3) is 4.18. The van der Waals surface area contributed by atoms with Gasteiger partial charge in [-0.15, -0.1) is 0 Å². The van der Waals surface area contributed by atoms with Crippen LogP contribution in [0.3, 0.4) is 0 Å². The molecule has 0 saturated carbocycles. The smallest absolute Gasteiger partial charge is 0.336 e. The molecule has 2 heterocycles. The number of hydrogen-bond acceptors (Lipinski definition) is 3. The SMILES string of the molecule is O=C(c1ccc(C(F)(F)F)cc1)N1CCN(CC(=O)N2CCc3ccccc32)CC1. The predicted octanol–water partition coefficient (Wildman–Crippen LogP) is 3.05. The van der Waals surface area contributed by atoms with Crippen LogP contribution >= 0.6 is 0 Å². The molecule has 2 aromatic carbocycles. The first-order valence-electron chi connectivity index (χ1n) is 9.90. The average molecular weight is 417 g/mol. The fourth-order valence-electron chi connectivity index (χ4n) is 3.97. The van der Waals surface area contributed by atoms with Crippen LogP contribution in [-0.4, -0.2) is 60.9 Å². The van der Waals surface area contributed by atoms with Crippen molar-refractivity contribution in [2.75, 3.05) is 44.2 Å². The molecule has 0 unspecified atom stereocenters. The fourth-order valence-corrected chi connectivity index (χ4v) is 3.97. The molecule has 2 aromatic rings. The molecule has 2 aliphatic heterocycles. The summed E-state index contributed by atoms with van der Waals surface area (Å²) in [5.74, 6) is -0.245. The highest BCUT2D eigenvalue weighted by Gasteiger charge is 2.31. The lowest BCUT2D eigenvalue weighted by atomic mass is 10.1. The normalized spacial score (nSPS) is 17.2. The molecular weight excluding hydrogens is 395 g/mol. The molecule has 4 rings (SSSR count). The largest absolute Gasteiger partial charge is 0.416 e. The fraction of sp³-hybridized carbons (Fsp3) is 0.364. The Hall–Kier alpha value is -2.87. The van der Waals surface area contributed by atoms with Gasteiger partial charge in [-0.25, -0.2) is 0 Å². The molecule has 0 radical (unpaired) electrons. The van der Waals surface area contributed by atoms with Crippen molar-refractivity contribution in [1.29, 1.82) is 0 Å². The molecule has 0 N–H and O–H groups in total. The average Bonchev–Trinajstić information content (AvgIpc) is 3.18. The first-order valence-corrected chi connectivity index (χ1v) is 9.90. The summed E-state index contributed by atoms with van der Waals surface area (Å²) in [6.45, 7) is 2.94. The van der Waals surface area contributed by atoms with E-state index in [9.17, 15) is 22.8 Å². The summed E-state index contributed by atoms with van der Waals surface area (Å²) in [6.07, 6.45) is -3.56. The second kappa shape index (κ2) is 8.10. The summed E-state index contributed by atoms with van der Waals surface area (Å²) >= 11 is 0. The van der Waals surface area contributed by atoms with Gasteiger partial charge in [-0.3, -0.25) is 14.5 Å². The van der Waals surface area contributed by atoms with E-state index in [1.807, 2.05) is 34.1 Å². The van der Waals surface area contributed by atoms with Gasteiger partial charge in [0.05, 0.1) is 12.1 Å². The Morgan fingerprint density at radius 3 is 2.20 bits per heavy atom. The number of hydrogen-bond donors (Lipinski definition) is 0. The van der Waals surface area contributed by atoms with Gasteiger partial charge in [-0.1, -0.05) is 18.2 Å². The van der Waals surface area contributed by atoms with Gasteiger partial charge < -0.3 is 9.80 Å². The summed E-state index contributed by atoms with van der Waals surface area (Å²) in [4.78, 5) is 30.8. The zero-order chi connectivity index (χ0) is 21.3. The quantitative estimate of drug-likeness (QED) is 0.771. The maximum Gasteiger partial charge on any atom is 0.416 e. The minimum Gasteiger partial charge on any atom is -0.336 e. The summed E-state index contributed by atoms with van der Waals surface area (Å²) in [7, 11) is 0. The maximum absolute atomic E-state index is 12.7. The van der Waals surface area contributed by atoms with Crippen molar-refractivity contribution in [3.8, 4) is 0 Å². The van der Waals surface area contributed by atoms with Crippen LogP contribution in [0, 0.1) is 0 Å². The van der Waals surface area contributed by atoms with Gasteiger partial charge >= 0.3 is 6.18 Å². The van der Waals surface area contributed by atoms with E-state index in [-0.39, 0.29) is 23.9 Å². The number of nitrogens with zero attached hydrogens (tertiary/aromatic N) is 3. The molecule has 2 aliphatic rings. The van der Waals surface area contributed by atoms with Crippen LogP contribution in [0.15, 0.2) is 48.5 Å². The van der Waals surface area contributed by atoms with Crippen LogP contribution in [0.2, 0.25) is 0 Å². The molecule has 2 amide bonds. The van der Waals surface area contributed by atoms with Crippen molar-refractivity contribution in [1.82, 2.24) is 9.80 Å². The second-order valence-electron chi connectivity index (χ2n) is 7.57. The Balaban J connectivity index is 1.31. The van der Waals surface area contributed by atoms with Crippen LogP contribution in [-0.2, 0) is 17.4 Å². The number of carbonyl (C=O) groups excluding carboxylic acids is 2.